The van der Waals surface area contributed by atoms with E-state index >= 15 is 0 Å². The van der Waals surface area contributed by atoms with E-state index in [4.69, 9.17) is 4.74 Å². The molecule has 0 spiro atoms. The summed E-state index contributed by atoms with van der Waals surface area (Å²) >= 11 is 0. The second kappa shape index (κ2) is 7.49. The summed E-state index contributed by atoms with van der Waals surface area (Å²) in [5, 5.41) is 3.43. The minimum atomic E-state index is -0.178. The van der Waals surface area contributed by atoms with Gasteiger partial charge in [-0.15, -0.1) is 0 Å². The number of benzene rings is 1. The second-order valence-electron chi connectivity index (χ2n) is 5.71. The van der Waals surface area contributed by atoms with Crippen molar-refractivity contribution in [2.24, 2.45) is 11.8 Å². The molecule has 0 aliphatic carbocycles. The molecule has 1 aromatic rings. The van der Waals surface area contributed by atoms with E-state index in [1.165, 1.54) is 6.07 Å². The first-order valence-electron chi connectivity index (χ1n) is 6.99. The summed E-state index contributed by atoms with van der Waals surface area (Å²) in [4.78, 5) is 0. The summed E-state index contributed by atoms with van der Waals surface area (Å²) in [6, 6.07) is 5.11. The van der Waals surface area contributed by atoms with Gasteiger partial charge in [0.15, 0.2) is 0 Å². The molecule has 0 aromatic heterocycles. The van der Waals surface area contributed by atoms with Crippen molar-refractivity contribution in [2.75, 3.05) is 20.2 Å². The number of ether oxygens (including phenoxy) is 1. The molecule has 0 aliphatic rings. The van der Waals surface area contributed by atoms with E-state index in [2.05, 4.69) is 33.0 Å². The van der Waals surface area contributed by atoms with Gasteiger partial charge in [0, 0.05) is 6.07 Å². The van der Waals surface area contributed by atoms with Crippen molar-refractivity contribution in [3.8, 4) is 5.75 Å². The average molecular weight is 267 g/mol. The number of hydrogen-bond acceptors (Lipinski definition) is 2. The Hall–Kier alpha value is -1.09. The third-order valence-corrected chi connectivity index (χ3v) is 3.57. The van der Waals surface area contributed by atoms with Crippen LogP contribution in [0.4, 0.5) is 4.39 Å². The Kier molecular flexibility index (Phi) is 6.29. The molecule has 0 fully saturated rings. The van der Waals surface area contributed by atoms with Crippen LogP contribution in [-0.2, 0) is 0 Å². The molecule has 2 nitrogen and oxygen atoms in total. The van der Waals surface area contributed by atoms with E-state index in [9.17, 15) is 4.39 Å². The molecule has 2 unspecified atom stereocenters. The first-order valence-corrected chi connectivity index (χ1v) is 6.99. The molecule has 0 amide bonds. The summed E-state index contributed by atoms with van der Waals surface area (Å²) in [6.07, 6.45) is 0. The molecule has 2 atom stereocenters. The molecule has 0 heterocycles. The van der Waals surface area contributed by atoms with Crippen LogP contribution in [0.2, 0.25) is 0 Å². The lowest BCUT2D eigenvalue weighted by Crippen LogP contribution is -2.27. The summed E-state index contributed by atoms with van der Waals surface area (Å²) in [5.41, 5.74) is 0.764. The lowest BCUT2D eigenvalue weighted by Gasteiger charge is -2.22. The summed E-state index contributed by atoms with van der Waals surface area (Å²) in [5.74, 6) is 1.61. The largest absolute Gasteiger partial charge is 0.497 e. The third kappa shape index (κ3) is 4.83. The molecule has 0 bridgehead atoms. The normalized spacial score (nSPS) is 14.5. The van der Waals surface area contributed by atoms with Gasteiger partial charge in [0.1, 0.15) is 11.6 Å². The average Bonchev–Trinajstić information content (AvgIpc) is 2.37. The van der Waals surface area contributed by atoms with Crippen LogP contribution >= 0.6 is 0 Å². The SMILES string of the molecule is COc1ccc(C(C)C(C)CNCC(C)C)c(F)c1. The Balaban J connectivity index is 2.63. The summed E-state index contributed by atoms with van der Waals surface area (Å²) in [7, 11) is 1.55. The maximum Gasteiger partial charge on any atom is 0.130 e. The van der Waals surface area contributed by atoms with Crippen molar-refractivity contribution < 1.29 is 9.13 Å². The molecular formula is C16H26FNO. The minimum Gasteiger partial charge on any atom is -0.497 e. The topological polar surface area (TPSA) is 21.3 Å². The smallest absolute Gasteiger partial charge is 0.130 e. The molecule has 1 N–H and O–H groups in total. The predicted molar refractivity (Wildman–Crippen MR) is 78.2 cm³/mol. The molecule has 0 radical (unpaired) electrons. The molecular weight excluding hydrogens is 241 g/mol. The Morgan fingerprint density at radius 3 is 2.37 bits per heavy atom. The van der Waals surface area contributed by atoms with Crippen molar-refractivity contribution in [3.63, 3.8) is 0 Å². The number of nitrogens with one attached hydrogen (secondary N) is 1. The van der Waals surface area contributed by atoms with Crippen LogP contribution in [0.25, 0.3) is 0 Å². The van der Waals surface area contributed by atoms with Gasteiger partial charge in [0.25, 0.3) is 0 Å². The quantitative estimate of drug-likeness (QED) is 0.811. The third-order valence-electron chi connectivity index (χ3n) is 3.57. The summed E-state index contributed by atoms with van der Waals surface area (Å²) < 4.78 is 19.0. The van der Waals surface area contributed by atoms with E-state index in [0.717, 1.165) is 18.7 Å². The molecule has 3 heteroatoms. The van der Waals surface area contributed by atoms with Crippen LogP contribution < -0.4 is 10.1 Å². The fourth-order valence-corrected chi connectivity index (χ4v) is 2.09. The number of halogens is 1. The van der Waals surface area contributed by atoms with Crippen molar-refractivity contribution in [1.82, 2.24) is 5.32 Å². The van der Waals surface area contributed by atoms with E-state index < -0.39 is 0 Å². The highest BCUT2D eigenvalue weighted by Crippen LogP contribution is 2.28. The van der Waals surface area contributed by atoms with Gasteiger partial charge in [-0.1, -0.05) is 33.8 Å². The van der Waals surface area contributed by atoms with Gasteiger partial charge in [-0.05, 0) is 42.5 Å². The van der Waals surface area contributed by atoms with Crippen LogP contribution in [-0.4, -0.2) is 20.2 Å². The molecule has 0 aliphatic heterocycles. The van der Waals surface area contributed by atoms with Crippen molar-refractivity contribution in [3.05, 3.63) is 29.6 Å². The molecule has 108 valence electrons. The van der Waals surface area contributed by atoms with Gasteiger partial charge in [-0.2, -0.15) is 0 Å². The highest BCUT2D eigenvalue weighted by atomic mass is 19.1. The first kappa shape index (κ1) is 16.0. The number of rotatable bonds is 7. The molecule has 1 aromatic carbocycles. The van der Waals surface area contributed by atoms with E-state index in [0.29, 0.717) is 17.6 Å². The van der Waals surface area contributed by atoms with Crippen LogP contribution in [0.3, 0.4) is 0 Å². The molecule has 0 saturated carbocycles. The van der Waals surface area contributed by atoms with Crippen LogP contribution in [0, 0.1) is 17.7 Å². The zero-order chi connectivity index (χ0) is 14.4. The van der Waals surface area contributed by atoms with Gasteiger partial charge in [-0.3, -0.25) is 0 Å². The van der Waals surface area contributed by atoms with E-state index in [1.807, 2.05) is 12.1 Å². The zero-order valence-electron chi connectivity index (χ0n) is 12.7. The maximum atomic E-state index is 14.0. The Morgan fingerprint density at radius 1 is 1.16 bits per heavy atom. The van der Waals surface area contributed by atoms with Gasteiger partial charge in [0.05, 0.1) is 7.11 Å². The highest BCUT2D eigenvalue weighted by Gasteiger charge is 2.18. The molecule has 0 saturated heterocycles. The Labute approximate surface area is 116 Å². The van der Waals surface area contributed by atoms with Crippen molar-refractivity contribution in [2.45, 2.75) is 33.6 Å². The molecule has 1 rings (SSSR count). The highest BCUT2D eigenvalue weighted by molar-refractivity contribution is 5.31. The van der Waals surface area contributed by atoms with Crippen molar-refractivity contribution in [1.29, 1.82) is 0 Å². The standard InChI is InChI=1S/C16H26FNO/c1-11(2)9-18-10-12(3)13(4)15-7-6-14(19-5)8-16(15)17/h6-8,11-13,18H,9-10H2,1-5H3. The number of methoxy groups -OCH3 is 1. The van der Waals surface area contributed by atoms with E-state index in [1.54, 1.807) is 7.11 Å². The molecule has 19 heavy (non-hydrogen) atoms. The van der Waals surface area contributed by atoms with Gasteiger partial charge in [0.2, 0.25) is 0 Å². The van der Waals surface area contributed by atoms with E-state index in [-0.39, 0.29) is 11.7 Å². The maximum absolute atomic E-state index is 14.0. The Bertz CT molecular complexity index is 392. The van der Waals surface area contributed by atoms with Gasteiger partial charge >= 0.3 is 0 Å². The second-order valence-corrected chi connectivity index (χ2v) is 5.71. The van der Waals surface area contributed by atoms with Crippen LogP contribution in [0.1, 0.15) is 39.2 Å². The number of hydrogen-bond donors (Lipinski definition) is 1. The van der Waals surface area contributed by atoms with Crippen LogP contribution in [0.5, 0.6) is 5.75 Å². The predicted octanol–water partition coefficient (Wildman–Crippen LogP) is 3.82. The van der Waals surface area contributed by atoms with Gasteiger partial charge < -0.3 is 10.1 Å². The zero-order valence-corrected chi connectivity index (χ0v) is 12.7. The fraction of sp³-hybridized carbons (Fsp3) is 0.625. The summed E-state index contributed by atoms with van der Waals surface area (Å²) in [6.45, 7) is 10.5. The van der Waals surface area contributed by atoms with Crippen LogP contribution in [0.15, 0.2) is 18.2 Å². The van der Waals surface area contributed by atoms with Crippen molar-refractivity contribution >= 4 is 0 Å². The monoisotopic (exact) mass is 267 g/mol. The Morgan fingerprint density at radius 2 is 1.84 bits per heavy atom. The van der Waals surface area contributed by atoms with Gasteiger partial charge in [-0.25, -0.2) is 4.39 Å². The fourth-order valence-electron chi connectivity index (χ4n) is 2.09. The lowest BCUT2D eigenvalue weighted by atomic mass is 9.88. The lowest BCUT2D eigenvalue weighted by molar-refractivity contribution is 0.403. The minimum absolute atomic E-state index is 0.178. The first-order chi connectivity index (χ1) is 8.95.